The molecule has 1 aliphatic rings. The Hall–Kier alpha value is -3.34. The number of nitrogens with zero attached hydrogens (tertiary/aromatic N) is 1. The number of aliphatic imine (C=N–C) groups is 1. The van der Waals surface area contributed by atoms with Gasteiger partial charge in [-0.2, -0.15) is 0 Å². The van der Waals surface area contributed by atoms with E-state index in [1.165, 1.54) is 0 Å². The summed E-state index contributed by atoms with van der Waals surface area (Å²) < 4.78 is 16.0. The van der Waals surface area contributed by atoms with E-state index in [4.69, 9.17) is 14.2 Å². The average molecular weight is 349 g/mol. The zero-order chi connectivity index (χ0) is 18.4. The summed E-state index contributed by atoms with van der Waals surface area (Å²) in [4.78, 5) is 16.3. The van der Waals surface area contributed by atoms with Crippen molar-refractivity contribution in [2.45, 2.75) is 6.92 Å². The van der Waals surface area contributed by atoms with Crippen LogP contribution in [0.1, 0.15) is 18.1 Å². The summed E-state index contributed by atoms with van der Waals surface area (Å²) in [7, 11) is 1.57. The molecule has 2 aromatic carbocycles. The van der Waals surface area contributed by atoms with E-state index in [0.717, 1.165) is 11.1 Å². The van der Waals surface area contributed by atoms with Gasteiger partial charge in [0.15, 0.2) is 17.2 Å². The molecule has 5 nitrogen and oxygen atoms in total. The van der Waals surface area contributed by atoms with Crippen molar-refractivity contribution in [2.75, 3.05) is 13.7 Å². The second-order valence-electron chi connectivity index (χ2n) is 5.46. The van der Waals surface area contributed by atoms with Crippen molar-refractivity contribution in [3.63, 3.8) is 0 Å². The van der Waals surface area contributed by atoms with Crippen LogP contribution in [0.25, 0.3) is 12.2 Å². The van der Waals surface area contributed by atoms with Crippen molar-refractivity contribution in [1.82, 2.24) is 0 Å². The summed E-state index contributed by atoms with van der Waals surface area (Å²) in [6.45, 7) is 2.45. The maximum Gasteiger partial charge on any atom is 0.363 e. The standard InChI is InChI=1S/C21H19NO4/c1-3-25-18-11-9-16(14-19(18)24-2)13-17-21(23)26-20(22-17)12-10-15-7-5-4-6-8-15/h4-14H,3H2,1-2H3/b12-10+,17-13-. The molecule has 0 radical (unpaired) electrons. The van der Waals surface area contributed by atoms with E-state index in [1.54, 1.807) is 31.4 Å². The molecule has 26 heavy (non-hydrogen) atoms. The zero-order valence-electron chi connectivity index (χ0n) is 14.6. The summed E-state index contributed by atoms with van der Waals surface area (Å²) in [6.07, 6.45) is 5.17. The van der Waals surface area contributed by atoms with Crippen LogP contribution in [0.3, 0.4) is 0 Å². The second kappa shape index (κ2) is 8.16. The summed E-state index contributed by atoms with van der Waals surface area (Å²) in [5.74, 6) is 1.04. The third kappa shape index (κ3) is 4.19. The lowest BCUT2D eigenvalue weighted by atomic mass is 10.1. The van der Waals surface area contributed by atoms with Crippen molar-refractivity contribution in [3.05, 3.63) is 71.4 Å². The number of hydrogen-bond acceptors (Lipinski definition) is 5. The number of carbonyl (C=O) groups is 1. The second-order valence-corrected chi connectivity index (χ2v) is 5.46. The molecule has 0 spiro atoms. The maximum absolute atomic E-state index is 12.0. The molecular formula is C21H19NO4. The number of hydrogen-bond donors (Lipinski definition) is 0. The van der Waals surface area contributed by atoms with Gasteiger partial charge in [-0.1, -0.05) is 36.4 Å². The van der Waals surface area contributed by atoms with Gasteiger partial charge in [0, 0.05) is 6.08 Å². The van der Waals surface area contributed by atoms with Gasteiger partial charge >= 0.3 is 5.97 Å². The molecule has 0 bridgehead atoms. The highest BCUT2D eigenvalue weighted by Crippen LogP contribution is 2.29. The number of rotatable bonds is 6. The Kier molecular flexibility index (Phi) is 5.49. The molecule has 2 aromatic rings. The van der Waals surface area contributed by atoms with Crippen LogP contribution in [0.15, 0.2) is 65.3 Å². The predicted octanol–water partition coefficient (Wildman–Crippen LogP) is 4.10. The highest BCUT2D eigenvalue weighted by molar-refractivity contribution is 6.11. The summed E-state index contributed by atoms with van der Waals surface area (Å²) in [5.41, 5.74) is 2.01. The first-order valence-electron chi connectivity index (χ1n) is 8.26. The Balaban J connectivity index is 1.81. The van der Waals surface area contributed by atoms with E-state index >= 15 is 0 Å². The molecule has 0 aromatic heterocycles. The van der Waals surface area contributed by atoms with Crippen LogP contribution >= 0.6 is 0 Å². The number of carbonyl (C=O) groups excluding carboxylic acids is 1. The minimum Gasteiger partial charge on any atom is -0.493 e. The van der Waals surface area contributed by atoms with Gasteiger partial charge in [0.25, 0.3) is 0 Å². The molecule has 0 N–H and O–H groups in total. The Morgan fingerprint density at radius 1 is 1.04 bits per heavy atom. The number of benzene rings is 2. The molecule has 132 valence electrons. The van der Waals surface area contributed by atoms with Gasteiger partial charge in [-0.05, 0) is 42.3 Å². The van der Waals surface area contributed by atoms with Crippen molar-refractivity contribution in [3.8, 4) is 11.5 Å². The van der Waals surface area contributed by atoms with E-state index in [1.807, 2.05) is 49.4 Å². The van der Waals surface area contributed by atoms with Crippen LogP contribution < -0.4 is 9.47 Å². The normalized spacial score (nSPS) is 15.2. The van der Waals surface area contributed by atoms with Crippen LogP contribution in [0.5, 0.6) is 11.5 Å². The third-order valence-electron chi connectivity index (χ3n) is 3.65. The van der Waals surface area contributed by atoms with E-state index in [9.17, 15) is 4.79 Å². The van der Waals surface area contributed by atoms with Gasteiger partial charge in [0.2, 0.25) is 5.90 Å². The topological polar surface area (TPSA) is 57.1 Å². The molecule has 0 saturated heterocycles. The Bertz CT molecular complexity index is 882. The number of esters is 1. The smallest absolute Gasteiger partial charge is 0.363 e. The SMILES string of the molecule is CCOc1ccc(/C=C2N=C(/C=C/c3ccccc3)OC\2=O)cc1OC. The van der Waals surface area contributed by atoms with E-state index < -0.39 is 5.97 Å². The summed E-state index contributed by atoms with van der Waals surface area (Å²) >= 11 is 0. The van der Waals surface area contributed by atoms with Crippen molar-refractivity contribution >= 4 is 24.0 Å². The van der Waals surface area contributed by atoms with Crippen LogP contribution in [0.4, 0.5) is 0 Å². The fourth-order valence-electron chi connectivity index (χ4n) is 2.44. The van der Waals surface area contributed by atoms with Crippen molar-refractivity contribution in [1.29, 1.82) is 0 Å². The molecule has 0 unspecified atom stereocenters. The molecule has 3 rings (SSSR count). The summed E-state index contributed by atoms with van der Waals surface area (Å²) in [5, 5.41) is 0. The molecule has 0 aliphatic carbocycles. The zero-order valence-corrected chi connectivity index (χ0v) is 14.6. The fraction of sp³-hybridized carbons (Fsp3) is 0.143. The first-order valence-corrected chi connectivity index (χ1v) is 8.26. The number of methoxy groups -OCH3 is 1. The third-order valence-corrected chi connectivity index (χ3v) is 3.65. The van der Waals surface area contributed by atoms with Crippen LogP contribution in [-0.4, -0.2) is 25.6 Å². The number of cyclic esters (lactones) is 1. The van der Waals surface area contributed by atoms with Gasteiger partial charge in [0.05, 0.1) is 13.7 Å². The van der Waals surface area contributed by atoms with E-state index in [-0.39, 0.29) is 11.6 Å². The molecule has 5 heteroatoms. The quantitative estimate of drug-likeness (QED) is 0.582. The molecule has 1 aliphatic heterocycles. The highest BCUT2D eigenvalue weighted by atomic mass is 16.6. The van der Waals surface area contributed by atoms with Crippen molar-refractivity contribution in [2.24, 2.45) is 4.99 Å². The summed E-state index contributed by atoms with van der Waals surface area (Å²) in [6, 6.07) is 15.2. The van der Waals surface area contributed by atoms with Gasteiger partial charge < -0.3 is 14.2 Å². The largest absolute Gasteiger partial charge is 0.493 e. The van der Waals surface area contributed by atoms with Gasteiger partial charge in [-0.3, -0.25) is 0 Å². The van der Waals surface area contributed by atoms with Crippen LogP contribution in [-0.2, 0) is 9.53 Å². The van der Waals surface area contributed by atoms with Crippen LogP contribution in [0, 0.1) is 0 Å². The first kappa shape index (κ1) is 17.5. The molecule has 0 fully saturated rings. The lowest BCUT2D eigenvalue weighted by molar-refractivity contribution is -0.129. The molecule has 0 atom stereocenters. The average Bonchev–Trinajstić information content (AvgIpc) is 3.02. The highest BCUT2D eigenvalue weighted by Gasteiger charge is 2.21. The van der Waals surface area contributed by atoms with Gasteiger partial charge in [0.1, 0.15) is 0 Å². The van der Waals surface area contributed by atoms with Crippen molar-refractivity contribution < 1.29 is 19.0 Å². The molecule has 1 heterocycles. The first-order chi connectivity index (χ1) is 12.7. The lowest BCUT2D eigenvalue weighted by Crippen LogP contribution is -2.01. The van der Waals surface area contributed by atoms with E-state index in [0.29, 0.717) is 18.1 Å². The minimum atomic E-state index is -0.481. The number of ether oxygens (including phenoxy) is 3. The predicted molar refractivity (Wildman–Crippen MR) is 101 cm³/mol. The molecule has 0 amide bonds. The Morgan fingerprint density at radius 2 is 1.85 bits per heavy atom. The lowest BCUT2D eigenvalue weighted by Gasteiger charge is -2.09. The monoisotopic (exact) mass is 349 g/mol. The van der Waals surface area contributed by atoms with E-state index in [2.05, 4.69) is 4.99 Å². The minimum absolute atomic E-state index is 0.240. The molecular weight excluding hydrogens is 330 g/mol. The van der Waals surface area contributed by atoms with Crippen LogP contribution in [0.2, 0.25) is 0 Å². The maximum atomic E-state index is 12.0. The fourth-order valence-corrected chi connectivity index (χ4v) is 2.44. The van der Waals surface area contributed by atoms with Gasteiger partial charge in [-0.25, -0.2) is 9.79 Å². The van der Waals surface area contributed by atoms with Gasteiger partial charge in [-0.15, -0.1) is 0 Å². The molecule has 0 saturated carbocycles. The Labute approximate surface area is 152 Å². The Morgan fingerprint density at radius 3 is 2.58 bits per heavy atom.